The molecule has 1 saturated carbocycles. The first-order valence-electron chi connectivity index (χ1n) is 8.30. The molecule has 3 atom stereocenters. The highest BCUT2D eigenvalue weighted by Gasteiger charge is 2.59. The van der Waals surface area contributed by atoms with Gasteiger partial charge in [0.1, 0.15) is 0 Å². The number of aliphatic imine (C=N–C) groups is 1. The van der Waals surface area contributed by atoms with Gasteiger partial charge in [0.15, 0.2) is 5.96 Å². The Kier molecular flexibility index (Phi) is 4.05. The van der Waals surface area contributed by atoms with E-state index >= 15 is 0 Å². The molecule has 1 aliphatic carbocycles. The lowest BCUT2D eigenvalue weighted by atomic mass is 9.57. The molecule has 1 N–H and O–H groups in total. The summed E-state index contributed by atoms with van der Waals surface area (Å²) in [4.78, 5) is 20.1. The maximum atomic E-state index is 11.4. The number of hydrogen-bond donors (Lipinski definition) is 1. The van der Waals surface area contributed by atoms with E-state index < -0.39 is 0 Å². The second-order valence-electron chi connectivity index (χ2n) is 7.23. The lowest BCUT2D eigenvalue weighted by Gasteiger charge is -2.55. The molecule has 0 radical (unpaired) electrons. The van der Waals surface area contributed by atoms with Crippen molar-refractivity contribution in [1.29, 1.82) is 0 Å². The quantitative estimate of drug-likeness (QED) is 0.567. The molecular weight excluding hydrogens is 280 g/mol. The number of carbonyl (C=O) groups is 1. The van der Waals surface area contributed by atoms with Crippen molar-refractivity contribution in [2.24, 2.45) is 16.3 Å². The fraction of sp³-hybridized carbons (Fsp3) is 0.875. The Bertz CT molecular complexity index is 469. The van der Waals surface area contributed by atoms with E-state index in [9.17, 15) is 4.79 Å². The van der Waals surface area contributed by atoms with Gasteiger partial charge in [-0.15, -0.1) is 0 Å². The summed E-state index contributed by atoms with van der Waals surface area (Å²) in [6.07, 6.45) is 1.53. The lowest BCUT2D eigenvalue weighted by Crippen LogP contribution is -2.68. The van der Waals surface area contributed by atoms with Crippen LogP contribution in [0, 0.1) is 11.3 Å². The maximum absolute atomic E-state index is 11.4. The average Bonchev–Trinajstić information content (AvgIpc) is 2.95. The maximum Gasteiger partial charge on any atom is 0.219 e. The van der Waals surface area contributed by atoms with E-state index in [0.29, 0.717) is 18.1 Å². The molecule has 3 rings (SSSR count). The second-order valence-corrected chi connectivity index (χ2v) is 7.23. The number of piperazine rings is 1. The molecule has 0 aromatic heterocycles. The number of rotatable bonds is 1. The molecule has 0 bridgehead atoms. The topological polar surface area (TPSA) is 57.2 Å². The minimum absolute atomic E-state index is 0.151. The van der Waals surface area contributed by atoms with Crippen LogP contribution in [0.2, 0.25) is 0 Å². The number of hydrogen-bond acceptors (Lipinski definition) is 3. The minimum atomic E-state index is 0.151. The lowest BCUT2D eigenvalue weighted by molar-refractivity contribution is -0.130. The molecule has 3 aliphatic rings. The van der Waals surface area contributed by atoms with Crippen LogP contribution in [0.1, 0.15) is 27.2 Å². The molecule has 0 spiro atoms. The molecule has 6 nitrogen and oxygen atoms in total. The predicted molar refractivity (Wildman–Crippen MR) is 85.7 cm³/mol. The van der Waals surface area contributed by atoms with Gasteiger partial charge in [-0.1, -0.05) is 13.8 Å². The van der Waals surface area contributed by atoms with Gasteiger partial charge in [-0.2, -0.15) is 0 Å². The van der Waals surface area contributed by atoms with E-state index in [0.717, 1.165) is 45.2 Å². The summed E-state index contributed by atoms with van der Waals surface area (Å²) < 4.78 is 5.86. The van der Waals surface area contributed by atoms with Crippen LogP contribution in [-0.4, -0.2) is 73.6 Å². The molecule has 3 fully saturated rings. The smallest absolute Gasteiger partial charge is 0.219 e. The van der Waals surface area contributed by atoms with Crippen LogP contribution in [-0.2, 0) is 9.53 Å². The van der Waals surface area contributed by atoms with Crippen molar-refractivity contribution in [1.82, 2.24) is 15.1 Å². The minimum Gasteiger partial charge on any atom is -0.377 e. The molecule has 2 saturated heterocycles. The molecule has 0 aromatic rings. The number of nitrogens with one attached hydrogen (secondary N) is 1. The number of amides is 1. The fourth-order valence-electron chi connectivity index (χ4n) is 4.29. The van der Waals surface area contributed by atoms with E-state index in [-0.39, 0.29) is 11.3 Å². The van der Waals surface area contributed by atoms with Crippen molar-refractivity contribution < 1.29 is 9.53 Å². The second kappa shape index (κ2) is 5.72. The Balaban J connectivity index is 1.60. The fourth-order valence-corrected chi connectivity index (χ4v) is 4.29. The third-order valence-corrected chi connectivity index (χ3v) is 5.62. The van der Waals surface area contributed by atoms with Gasteiger partial charge in [-0.05, 0) is 6.42 Å². The highest BCUT2D eigenvalue weighted by atomic mass is 16.5. The molecule has 124 valence electrons. The molecule has 0 aromatic carbocycles. The normalized spacial score (nSPS) is 34.2. The Morgan fingerprint density at radius 1 is 1.23 bits per heavy atom. The van der Waals surface area contributed by atoms with Gasteiger partial charge in [-0.3, -0.25) is 9.79 Å². The third kappa shape index (κ3) is 2.47. The van der Waals surface area contributed by atoms with Crippen molar-refractivity contribution in [3.05, 3.63) is 0 Å². The molecule has 2 heterocycles. The standard InChI is InChI=1S/C16H28N4O2/c1-11(21)19-6-8-20(9-7-19)15(17-4)18-13-12-5-10-22-14(12)16(13,2)3/h12-14H,5-10H2,1-4H3,(H,17,18). The van der Waals surface area contributed by atoms with E-state index in [1.165, 1.54) is 0 Å². The third-order valence-electron chi connectivity index (χ3n) is 5.62. The molecule has 6 heteroatoms. The molecule has 22 heavy (non-hydrogen) atoms. The first-order chi connectivity index (χ1) is 10.4. The van der Waals surface area contributed by atoms with E-state index in [1.807, 2.05) is 11.9 Å². The van der Waals surface area contributed by atoms with Crippen LogP contribution >= 0.6 is 0 Å². The van der Waals surface area contributed by atoms with Crippen LogP contribution in [0.4, 0.5) is 0 Å². The van der Waals surface area contributed by atoms with Crippen LogP contribution in [0.3, 0.4) is 0 Å². The zero-order valence-corrected chi connectivity index (χ0v) is 14.1. The zero-order valence-electron chi connectivity index (χ0n) is 14.1. The summed E-state index contributed by atoms with van der Waals surface area (Å²) in [5.74, 6) is 1.73. The van der Waals surface area contributed by atoms with Gasteiger partial charge < -0.3 is 19.9 Å². The molecule has 1 amide bonds. The largest absolute Gasteiger partial charge is 0.377 e. The van der Waals surface area contributed by atoms with Crippen molar-refractivity contribution in [3.63, 3.8) is 0 Å². The van der Waals surface area contributed by atoms with Crippen molar-refractivity contribution >= 4 is 11.9 Å². The highest BCUT2D eigenvalue weighted by Crippen LogP contribution is 2.52. The first kappa shape index (κ1) is 15.6. The van der Waals surface area contributed by atoms with Crippen LogP contribution < -0.4 is 5.32 Å². The van der Waals surface area contributed by atoms with Crippen LogP contribution in [0.25, 0.3) is 0 Å². The van der Waals surface area contributed by atoms with Crippen LogP contribution in [0.5, 0.6) is 0 Å². The van der Waals surface area contributed by atoms with Gasteiger partial charge in [0, 0.05) is 64.1 Å². The molecule has 3 unspecified atom stereocenters. The summed E-state index contributed by atoms with van der Waals surface area (Å²) in [5.41, 5.74) is 0.151. The Morgan fingerprint density at radius 2 is 1.86 bits per heavy atom. The van der Waals surface area contributed by atoms with E-state index in [1.54, 1.807) is 6.92 Å². The zero-order chi connectivity index (χ0) is 15.9. The summed E-state index contributed by atoms with van der Waals surface area (Å²) in [7, 11) is 1.84. The molecule has 2 aliphatic heterocycles. The van der Waals surface area contributed by atoms with E-state index in [2.05, 4.69) is 29.1 Å². The van der Waals surface area contributed by atoms with Crippen molar-refractivity contribution in [3.8, 4) is 0 Å². The summed E-state index contributed by atoms with van der Waals surface area (Å²) in [5, 5.41) is 3.67. The Hall–Kier alpha value is -1.30. The number of carbonyl (C=O) groups excluding carboxylic acids is 1. The molecular formula is C16H28N4O2. The first-order valence-corrected chi connectivity index (χ1v) is 8.30. The Morgan fingerprint density at radius 3 is 2.45 bits per heavy atom. The predicted octanol–water partition coefficient (Wildman–Crippen LogP) is 0.539. The van der Waals surface area contributed by atoms with Crippen molar-refractivity contribution in [2.45, 2.75) is 39.3 Å². The van der Waals surface area contributed by atoms with Gasteiger partial charge in [0.05, 0.1) is 6.10 Å². The summed E-state index contributed by atoms with van der Waals surface area (Å²) >= 11 is 0. The average molecular weight is 308 g/mol. The van der Waals surface area contributed by atoms with Gasteiger partial charge in [-0.25, -0.2) is 0 Å². The number of fused-ring (bicyclic) bond motifs is 1. The number of guanidine groups is 1. The van der Waals surface area contributed by atoms with Gasteiger partial charge >= 0.3 is 0 Å². The van der Waals surface area contributed by atoms with Gasteiger partial charge in [0.25, 0.3) is 0 Å². The van der Waals surface area contributed by atoms with Gasteiger partial charge in [0.2, 0.25) is 5.91 Å². The van der Waals surface area contributed by atoms with E-state index in [4.69, 9.17) is 4.74 Å². The van der Waals surface area contributed by atoms with Crippen molar-refractivity contribution in [2.75, 3.05) is 39.8 Å². The van der Waals surface area contributed by atoms with Crippen LogP contribution in [0.15, 0.2) is 4.99 Å². The monoisotopic (exact) mass is 308 g/mol. The Labute approximate surface area is 132 Å². The number of nitrogens with zero attached hydrogens (tertiary/aromatic N) is 3. The highest BCUT2D eigenvalue weighted by molar-refractivity contribution is 5.81. The SMILES string of the molecule is CN=C(NC1C2CCOC2C1(C)C)N1CCN(C(C)=O)CC1. The number of ether oxygens (including phenoxy) is 1. The summed E-state index contributed by atoms with van der Waals surface area (Å²) in [6, 6.07) is 0.421. The summed E-state index contributed by atoms with van der Waals surface area (Å²) in [6.45, 7) is 10.3.